The highest BCUT2D eigenvalue weighted by Gasteiger charge is 2.24. The van der Waals surface area contributed by atoms with E-state index < -0.39 is 0 Å². The first-order valence-electron chi connectivity index (χ1n) is 11.1. The number of carbonyl (C=O) groups is 1. The molecule has 2 aromatic rings. The molecule has 1 saturated carbocycles. The van der Waals surface area contributed by atoms with Crippen LogP contribution in [0.5, 0.6) is 5.75 Å². The number of nitrogens with zero attached hydrogens (tertiary/aromatic N) is 1. The molecule has 0 spiro atoms. The fraction of sp³-hybridized carbons (Fsp3) is 0.407. The number of amides is 1. The minimum absolute atomic E-state index is 0.136. The third kappa shape index (κ3) is 5.98. The number of hydrogen-bond acceptors (Lipinski definition) is 3. The quantitative estimate of drug-likeness (QED) is 0.479. The van der Waals surface area contributed by atoms with E-state index in [0.29, 0.717) is 12.5 Å². The lowest BCUT2D eigenvalue weighted by Crippen LogP contribution is -2.41. The van der Waals surface area contributed by atoms with Gasteiger partial charge >= 0.3 is 0 Å². The van der Waals surface area contributed by atoms with Gasteiger partial charge in [-0.1, -0.05) is 49.6 Å². The number of rotatable bonds is 6. The summed E-state index contributed by atoms with van der Waals surface area (Å²) in [5.74, 6) is 0.928. The highest BCUT2D eigenvalue weighted by atomic mass is 16.5. The van der Waals surface area contributed by atoms with Crippen LogP contribution >= 0.6 is 0 Å². The van der Waals surface area contributed by atoms with Gasteiger partial charge in [-0.05, 0) is 80.0 Å². The van der Waals surface area contributed by atoms with Crippen molar-refractivity contribution in [3.05, 3.63) is 69.8 Å². The molecular formula is C27H32N2O2. The van der Waals surface area contributed by atoms with Crippen molar-refractivity contribution in [2.24, 2.45) is 5.92 Å². The van der Waals surface area contributed by atoms with Crippen LogP contribution < -0.4 is 10.1 Å². The molecule has 1 aliphatic carbocycles. The summed E-state index contributed by atoms with van der Waals surface area (Å²) in [6.45, 7) is 8.99. The maximum Gasteiger partial charge on any atom is 0.262 e. The van der Waals surface area contributed by atoms with Crippen molar-refractivity contribution >= 4 is 12.0 Å². The van der Waals surface area contributed by atoms with Gasteiger partial charge in [0.1, 0.15) is 24.0 Å². The second kappa shape index (κ2) is 10.3. The molecule has 162 valence electrons. The van der Waals surface area contributed by atoms with Crippen molar-refractivity contribution in [3.8, 4) is 11.8 Å². The summed E-state index contributed by atoms with van der Waals surface area (Å²) in [4.78, 5) is 12.6. The first kappa shape index (κ1) is 22.6. The summed E-state index contributed by atoms with van der Waals surface area (Å²) in [6, 6.07) is 14.0. The number of benzene rings is 2. The predicted molar refractivity (Wildman–Crippen MR) is 125 cm³/mol. The molecule has 0 unspecified atom stereocenters. The van der Waals surface area contributed by atoms with Crippen LogP contribution in [0.4, 0.5) is 0 Å². The Morgan fingerprint density at radius 1 is 1.13 bits per heavy atom. The van der Waals surface area contributed by atoms with Gasteiger partial charge in [0.25, 0.3) is 5.91 Å². The van der Waals surface area contributed by atoms with E-state index in [0.717, 1.165) is 30.6 Å². The van der Waals surface area contributed by atoms with Gasteiger partial charge < -0.3 is 10.1 Å². The highest BCUT2D eigenvalue weighted by Crippen LogP contribution is 2.24. The van der Waals surface area contributed by atoms with Gasteiger partial charge in [0, 0.05) is 6.04 Å². The molecular weight excluding hydrogens is 384 g/mol. The normalized spacial score (nSPS) is 18.9. The molecule has 0 radical (unpaired) electrons. The number of carbonyl (C=O) groups excluding carboxylic acids is 1. The molecule has 1 amide bonds. The van der Waals surface area contributed by atoms with Crippen LogP contribution in [-0.4, -0.2) is 11.9 Å². The van der Waals surface area contributed by atoms with Crippen molar-refractivity contribution in [2.75, 3.05) is 0 Å². The van der Waals surface area contributed by atoms with Crippen LogP contribution in [0.25, 0.3) is 6.08 Å². The van der Waals surface area contributed by atoms with E-state index in [9.17, 15) is 10.1 Å². The first-order chi connectivity index (χ1) is 14.9. The van der Waals surface area contributed by atoms with Gasteiger partial charge in [-0.25, -0.2) is 0 Å². The molecule has 31 heavy (non-hydrogen) atoms. The molecule has 2 atom stereocenters. The van der Waals surface area contributed by atoms with Crippen LogP contribution in [0, 0.1) is 38.0 Å². The van der Waals surface area contributed by atoms with E-state index in [1.807, 2.05) is 24.3 Å². The molecule has 3 rings (SSSR count). The lowest BCUT2D eigenvalue weighted by Gasteiger charge is -2.29. The zero-order valence-corrected chi connectivity index (χ0v) is 19.0. The van der Waals surface area contributed by atoms with Crippen LogP contribution in [0.2, 0.25) is 0 Å². The van der Waals surface area contributed by atoms with Crippen molar-refractivity contribution in [3.63, 3.8) is 0 Å². The third-order valence-corrected chi connectivity index (χ3v) is 6.21. The second-order valence-corrected chi connectivity index (χ2v) is 8.75. The van der Waals surface area contributed by atoms with E-state index in [-0.39, 0.29) is 17.5 Å². The maximum atomic E-state index is 12.6. The average Bonchev–Trinajstić information content (AvgIpc) is 2.73. The standard InChI is InChI=1S/C27H32N2O2/c1-18-13-20(3)25(21(4)14-18)17-31-24-11-9-22(10-12-24)15-23(16-28)27(30)29-26-8-6-5-7-19(26)2/h9-15,19,26H,5-8,17H2,1-4H3,(H,29,30)/b23-15+/t19-,26+/m0/s1. The molecule has 1 aliphatic rings. The lowest BCUT2D eigenvalue weighted by molar-refractivity contribution is -0.118. The molecule has 0 bridgehead atoms. The highest BCUT2D eigenvalue weighted by molar-refractivity contribution is 6.01. The Hall–Kier alpha value is -3.06. The van der Waals surface area contributed by atoms with Crippen LogP contribution in [0.3, 0.4) is 0 Å². The molecule has 0 aliphatic heterocycles. The Balaban J connectivity index is 1.64. The summed E-state index contributed by atoms with van der Waals surface area (Å²) < 4.78 is 5.97. The molecule has 2 aromatic carbocycles. The maximum absolute atomic E-state index is 12.6. The number of hydrogen-bond donors (Lipinski definition) is 1. The minimum Gasteiger partial charge on any atom is -0.489 e. The van der Waals surface area contributed by atoms with Crippen molar-refractivity contribution in [1.82, 2.24) is 5.32 Å². The number of nitrogens with one attached hydrogen (secondary N) is 1. The third-order valence-electron chi connectivity index (χ3n) is 6.21. The van der Waals surface area contributed by atoms with E-state index in [2.05, 4.69) is 51.2 Å². The molecule has 0 heterocycles. The Morgan fingerprint density at radius 3 is 2.39 bits per heavy atom. The Bertz CT molecular complexity index is 976. The fourth-order valence-electron chi connectivity index (χ4n) is 4.35. The predicted octanol–water partition coefficient (Wildman–Crippen LogP) is 5.79. The van der Waals surface area contributed by atoms with Crippen molar-refractivity contribution in [2.45, 2.75) is 66.0 Å². The fourth-order valence-corrected chi connectivity index (χ4v) is 4.35. The SMILES string of the molecule is Cc1cc(C)c(COc2ccc(/C=C(\C#N)C(=O)N[C@@H]3CCCC[C@@H]3C)cc2)c(C)c1. The van der Waals surface area contributed by atoms with Crippen LogP contribution in [0.15, 0.2) is 42.0 Å². The molecule has 0 saturated heterocycles. The Kier molecular flexibility index (Phi) is 7.52. The molecule has 0 aromatic heterocycles. The summed E-state index contributed by atoms with van der Waals surface area (Å²) in [5, 5.41) is 12.5. The first-order valence-corrected chi connectivity index (χ1v) is 11.1. The summed E-state index contributed by atoms with van der Waals surface area (Å²) in [7, 11) is 0. The molecule has 1 fully saturated rings. The monoisotopic (exact) mass is 416 g/mol. The Morgan fingerprint density at radius 2 is 1.77 bits per heavy atom. The zero-order chi connectivity index (χ0) is 22.4. The second-order valence-electron chi connectivity index (χ2n) is 8.75. The van der Waals surface area contributed by atoms with Crippen LogP contribution in [0.1, 0.15) is 60.4 Å². The van der Waals surface area contributed by atoms with E-state index >= 15 is 0 Å². The average molecular weight is 417 g/mol. The van der Waals surface area contributed by atoms with Crippen molar-refractivity contribution in [1.29, 1.82) is 5.26 Å². The smallest absolute Gasteiger partial charge is 0.262 e. The summed E-state index contributed by atoms with van der Waals surface area (Å²) >= 11 is 0. The minimum atomic E-state index is -0.285. The van der Waals surface area contributed by atoms with Gasteiger partial charge in [-0.2, -0.15) is 5.26 Å². The van der Waals surface area contributed by atoms with Gasteiger partial charge in [-0.3, -0.25) is 4.79 Å². The van der Waals surface area contributed by atoms with E-state index in [1.165, 1.54) is 28.7 Å². The van der Waals surface area contributed by atoms with Crippen LogP contribution in [-0.2, 0) is 11.4 Å². The largest absolute Gasteiger partial charge is 0.489 e. The van der Waals surface area contributed by atoms with E-state index in [1.54, 1.807) is 6.08 Å². The summed E-state index contributed by atoms with van der Waals surface area (Å²) in [6.07, 6.45) is 6.09. The van der Waals surface area contributed by atoms with Gasteiger partial charge in [0.15, 0.2) is 0 Å². The van der Waals surface area contributed by atoms with Crippen molar-refractivity contribution < 1.29 is 9.53 Å². The lowest BCUT2D eigenvalue weighted by atomic mass is 9.86. The van der Waals surface area contributed by atoms with Gasteiger partial charge in [-0.15, -0.1) is 0 Å². The van der Waals surface area contributed by atoms with Gasteiger partial charge in [0.2, 0.25) is 0 Å². The molecule has 4 nitrogen and oxygen atoms in total. The summed E-state index contributed by atoms with van der Waals surface area (Å²) in [5.41, 5.74) is 5.86. The number of nitriles is 1. The zero-order valence-electron chi connectivity index (χ0n) is 19.0. The number of aryl methyl sites for hydroxylation is 3. The van der Waals surface area contributed by atoms with Gasteiger partial charge in [0.05, 0.1) is 0 Å². The van der Waals surface area contributed by atoms with E-state index in [4.69, 9.17) is 4.74 Å². The number of ether oxygens (including phenoxy) is 1. The Labute approximate surface area is 185 Å². The molecule has 1 N–H and O–H groups in total. The topological polar surface area (TPSA) is 62.1 Å². The molecule has 4 heteroatoms.